The van der Waals surface area contributed by atoms with Crippen LogP contribution in [0.3, 0.4) is 0 Å². The molecule has 1 aromatic carbocycles. The first-order chi connectivity index (χ1) is 9.66. The van der Waals surface area contributed by atoms with E-state index in [1.165, 1.54) is 29.7 Å². The molecule has 1 atom stereocenters. The summed E-state index contributed by atoms with van der Waals surface area (Å²) in [6.07, 6.45) is 2.71. The normalized spacial score (nSPS) is 17.7. The van der Waals surface area contributed by atoms with Crippen LogP contribution in [0, 0.1) is 20.8 Å². The Morgan fingerprint density at radius 1 is 1.05 bits per heavy atom. The Morgan fingerprint density at radius 3 is 2.36 bits per heavy atom. The topological polar surface area (TPSA) is 15.8 Å². The number of aromatic nitrogens is 1. The summed E-state index contributed by atoms with van der Waals surface area (Å²) >= 11 is -0.702. The van der Waals surface area contributed by atoms with Gasteiger partial charge in [-0.2, -0.15) is 0 Å². The van der Waals surface area contributed by atoms with Gasteiger partial charge in [0.2, 0.25) is 0 Å². The number of fused-ring (bicyclic) bond motifs is 3. The van der Waals surface area contributed by atoms with Crippen LogP contribution in [0.5, 0.6) is 0 Å². The monoisotopic (exact) mass is 409 g/mol. The van der Waals surface area contributed by atoms with E-state index in [0.717, 1.165) is 5.92 Å². The number of nitrogens with one attached hydrogen (secondary N) is 1. The first kappa shape index (κ1) is 18.0. The molecule has 1 aromatic heterocycles. The summed E-state index contributed by atoms with van der Waals surface area (Å²) in [4.78, 5) is 3.67. The molecular formula is C18H19Cl2NZr. The fourth-order valence-corrected chi connectivity index (χ4v) is 7.69. The molecule has 0 amide bonds. The van der Waals surface area contributed by atoms with Gasteiger partial charge in [-0.05, 0) is 0 Å². The molecule has 1 N–H and O–H groups in total. The van der Waals surface area contributed by atoms with E-state index in [9.17, 15) is 0 Å². The zero-order valence-corrected chi connectivity index (χ0v) is 17.0. The molecule has 1 fully saturated rings. The Morgan fingerprint density at radius 2 is 1.77 bits per heavy atom. The Balaban J connectivity index is 0.000000882. The van der Waals surface area contributed by atoms with Gasteiger partial charge in [-0.25, -0.2) is 0 Å². The number of aryl methyl sites for hydroxylation is 1. The molecule has 0 aliphatic heterocycles. The van der Waals surface area contributed by atoms with Crippen LogP contribution in [0.1, 0.15) is 46.7 Å². The van der Waals surface area contributed by atoms with Crippen molar-refractivity contribution in [3.8, 4) is 0 Å². The Kier molecular flexibility index (Phi) is 5.47. The maximum atomic E-state index is 3.67. The smallest absolute Gasteiger partial charge is 1.00 e. The quantitative estimate of drug-likeness (QED) is 0.586. The molecule has 0 radical (unpaired) electrons. The van der Waals surface area contributed by atoms with Gasteiger partial charge in [0.15, 0.2) is 0 Å². The van der Waals surface area contributed by atoms with Crippen LogP contribution in [0.25, 0.3) is 3.28 Å². The molecule has 2 aliphatic rings. The third-order valence-electron chi connectivity index (χ3n) is 5.11. The van der Waals surface area contributed by atoms with E-state index in [-0.39, 0.29) is 24.8 Å². The second-order valence-electron chi connectivity index (χ2n) is 6.08. The molecule has 4 heteroatoms. The average Bonchev–Trinajstić information content (AvgIpc) is 2.77. The van der Waals surface area contributed by atoms with E-state index in [1.54, 1.807) is 23.4 Å². The molecule has 2 aliphatic carbocycles. The molecule has 4 rings (SSSR count). The second-order valence-corrected chi connectivity index (χ2v) is 9.15. The summed E-state index contributed by atoms with van der Waals surface area (Å²) in [6.45, 7) is 6.74. The van der Waals surface area contributed by atoms with Crippen LogP contribution < -0.4 is 28.2 Å². The first-order valence-electron chi connectivity index (χ1n) is 7.42. The average molecular weight is 411 g/mol. The predicted molar refractivity (Wildman–Crippen MR) is 80.0 cm³/mol. The minimum atomic E-state index is -0.702. The van der Waals surface area contributed by atoms with Gasteiger partial charge in [-0.3, -0.25) is 0 Å². The standard InChI is InChI=1S/C11H9.C7H10N.2ClH.Zr/c1-2-4-10-8(3-1)7-9-5-6-11(9)10;1-5-4-8-7(3)6(5)2;;;/h1-4,11H,5-6H2;8H,1-3H3;2*1H;/q;;;;+2/p-2. The van der Waals surface area contributed by atoms with Crippen molar-refractivity contribution in [1.29, 1.82) is 0 Å². The molecule has 114 valence electrons. The molecule has 1 saturated carbocycles. The van der Waals surface area contributed by atoms with E-state index < -0.39 is 23.2 Å². The summed E-state index contributed by atoms with van der Waals surface area (Å²) in [6, 6.07) is 9.12. The third kappa shape index (κ3) is 2.58. The van der Waals surface area contributed by atoms with Crippen molar-refractivity contribution < 1.29 is 48.0 Å². The zero-order valence-electron chi connectivity index (χ0n) is 13.1. The SMILES string of the molecule is Cc1[nH][c]([Zr+2][C]2=C3CCC3c3ccccc32)c(C)c1C.[Cl-].[Cl-]. The summed E-state index contributed by atoms with van der Waals surface area (Å²) in [5.41, 5.74) is 9.32. The number of hydrogen-bond acceptors (Lipinski definition) is 0. The molecular weight excluding hydrogens is 392 g/mol. The van der Waals surface area contributed by atoms with Crippen molar-refractivity contribution in [1.82, 2.24) is 4.98 Å². The van der Waals surface area contributed by atoms with Crippen LogP contribution in [0.2, 0.25) is 0 Å². The largest absolute Gasteiger partial charge is 1.00 e. The maximum Gasteiger partial charge on any atom is -1.00 e. The van der Waals surface area contributed by atoms with Gasteiger partial charge in [-0.1, -0.05) is 0 Å². The fourth-order valence-electron chi connectivity index (χ4n) is 3.52. The van der Waals surface area contributed by atoms with Crippen molar-refractivity contribution in [3.63, 3.8) is 0 Å². The molecule has 1 heterocycles. The second kappa shape index (κ2) is 6.67. The summed E-state index contributed by atoms with van der Waals surface area (Å²) in [5.74, 6) is 0.777. The summed E-state index contributed by atoms with van der Waals surface area (Å²) in [7, 11) is 0. The third-order valence-corrected chi connectivity index (χ3v) is 9.02. The minimum absolute atomic E-state index is 0. The number of rotatable bonds is 2. The first-order valence-corrected chi connectivity index (χ1v) is 9.87. The molecule has 0 spiro atoms. The van der Waals surface area contributed by atoms with E-state index in [2.05, 4.69) is 50.0 Å². The Labute approximate surface area is 156 Å². The number of hydrogen-bond donors (Lipinski definition) is 1. The van der Waals surface area contributed by atoms with Gasteiger partial charge in [0.1, 0.15) is 0 Å². The van der Waals surface area contributed by atoms with E-state index in [0.29, 0.717) is 0 Å². The van der Waals surface area contributed by atoms with E-state index >= 15 is 0 Å². The molecule has 0 saturated heterocycles. The van der Waals surface area contributed by atoms with Crippen LogP contribution in [-0.4, -0.2) is 4.98 Å². The van der Waals surface area contributed by atoms with Crippen molar-refractivity contribution >= 4 is 6.68 Å². The summed E-state index contributed by atoms with van der Waals surface area (Å²) < 4.78 is 3.35. The molecule has 1 unspecified atom stereocenters. The zero-order chi connectivity index (χ0) is 13.9. The van der Waals surface area contributed by atoms with Gasteiger partial charge >= 0.3 is 132 Å². The molecule has 1 nitrogen and oxygen atoms in total. The van der Waals surface area contributed by atoms with Crippen LogP contribution in [0.15, 0.2) is 29.8 Å². The fraction of sp³-hybridized carbons (Fsp3) is 0.333. The Hall–Kier alpha value is -0.297. The van der Waals surface area contributed by atoms with Crippen LogP contribution in [-0.2, 0) is 23.2 Å². The number of benzene rings is 1. The summed E-state index contributed by atoms with van der Waals surface area (Å²) in [5, 5.41) is 0. The van der Waals surface area contributed by atoms with Crippen LogP contribution >= 0.6 is 0 Å². The van der Waals surface area contributed by atoms with Crippen molar-refractivity contribution in [2.45, 2.75) is 39.5 Å². The number of aromatic amines is 1. The van der Waals surface area contributed by atoms with Gasteiger partial charge in [-0.15, -0.1) is 0 Å². The van der Waals surface area contributed by atoms with Crippen molar-refractivity contribution in [2.24, 2.45) is 0 Å². The van der Waals surface area contributed by atoms with Gasteiger partial charge in [0.05, 0.1) is 0 Å². The molecule has 0 bridgehead atoms. The minimum Gasteiger partial charge on any atom is -1.00 e. The molecule has 2 aromatic rings. The maximum absolute atomic E-state index is 3.67. The van der Waals surface area contributed by atoms with Crippen molar-refractivity contribution in [2.75, 3.05) is 0 Å². The number of H-pyrrole nitrogens is 1. The Bertz CT molecular complexity index is 746. The van der Waals surface area contributed by atoms with Crippen LogP contribution in [0.4, 0.5) is 0 Å². The van der Waals surface area contributed by atoms with Gasteiger partial charge < -0.3 is 24.8 Å². The van der Waals surface area contributed by atoms with Gasteiger partial charge in [0.25, 0.3) is 0 Å². The van der Waals surface area contributed by atoms with E-state index in [4.69, 9.17) is 0 Å². The van der Waals surface area contributed by atoms with E-state index in [1.807, 2.05) is 0 Å². The predicted octanol–water partition coefficient (Wildman–Crippen LogP) is -2.04. The number of halogens is 2. The van der Waals surface area contributed by atoms with Gasteiger partial charge in [0, 0.05) is 0 Å². The molecule has 22 heavy (non-hydrogen) atoms. The number of allylic oxidation sites excluding steroid dienone is 1. The van der Waals surface area contributed by atoms with Crippen molar-refractivity contribution in [3.05, 3.63) is 57.8 Å².